The third-order valence-electron chi connectivity index (χ3n) is 3.59. The fourth-order valence-corrected chi connectivity index (χ4v) is 2.42. The van der Waals surface area contributed by atoms with Gasteiger partial charge in [-0.3, -0.25) is 0 Å². The van der Waals surface area contributed by atoms with Crippen LogP contribution >= 0.6 is 0 Å². The Hall–Kier alpha value is -1.86. The smallest absolute Gasteiger partial charge is 0.332 e. The molecule has 2 aliphatic rings. The summed E-state index contributed by atoms with van der Waals surface area (Å²) in [7, 11) is 0. The van der Waals surface area contributed by atoms with Crippen molar-refractivity contribution in [3.05, 3.63) is 17.8 Å². The molecule has 0 unspecified atom stereocenters. The van der Waals surface area contributed by atoms with Crippen molar-refractivity contribution in [2.24, 2.45) is 0 Å². The van der Waals surface area contributed by atoms with Crippen LogP contribution in [0, 0.1) is 0 Å². The van der Waals surface area contributed by atoms with Gasteiger partial charge >= 0.3 is 5.97 Å². The molecule has 21 heavy (non-hydrogen) atoms. The summed E-state index contributed by atoms with van der Waals surface area (Å²) >= 11 is 0. The molecule has 1 aromatic rings. The van der Waals surface area contributed by atoms with Crippen molar-refractivity contribution in [3.63, 3.8) is 0 Å². The zero-order valence-electron chi connectivity index (χ0n) is 11.6. The highest BCUT2D eigenvalue weighted by atomic mass is 16.6. The maximum atomic E-state index is 10.8. The standard InChI is InChI=1S/C14H18N2O5/c17-14(18)12-4-2-10(8-21-12)15-7-9-1-3-11-13(16-9)20-6-5-19-11/h1,3,10,12,15H,2,4-8H2,(H,17,18)/t10-,12+/m1/s1. The highest BCUT2D eigenvalue weighted by Crippen LogP contribution is 2.27. The molecule has 114 valence electrons. The molecule has 1 saturated heterocycles. The van der Waals surface area contributed by atoms with Crippen molar-refractivity contribution in [2.45, 2.75) is 31.5 Å². The quantitative estimate of drug-likeness (QED) is 0.839. The molecule has 2 atom stereocenters. The second-order valence-corrected chi connectivity index (χ2v) is 5.12. The number of hydrogen-bond acceptors (Lipinski definition) is 6. The Kier molecular flexibility index (Phi) is 4.21. The van der Waals surface area contributed by atoms with Crippen molar-refractivity contribution in [3.8, 4) is 11.6 Å². The summed E-state index contributed by atoms with van der Waals surface area (Å²) in [5.74, 6) is 0.323. The molecule has 2 aliphatic heterocycles. The van der Waals surface area contributed by atoms with Crippen LogP contribution in [-0.4, -0.2) is 48.0 Å². The normalized spacial score (nSPS) is 24.6. The van der Waals surface area contributed by atoms with E-state index in [1.807, 2.05) is 12.1 Å². The van der Waals surface area contributed by atoms with Gasteiger partial charge < -0.3 is 24.6 Å². The first-order valence-corrected chi connectivity index (χ1v) is 7.05. The first kappa shape index (κ1) is 14.1. The average Bonchev–Trinajstić information content (AvgIpc) is 2.53. The fourth-order valence-electron chi connectivity index (χ4n) is 2.42. The Labute approximate surface area is 122 Å². The zero-order valence-corrected chi connectivity index (χ0v) is 11.6. The van der Waals surface area contributed by atoms with Crippen LogP contribution in [0.1, 0.15) is 18.5 Å². The van der Waals surface area contributed by atoms with E-state index in [-0.39, 0.29) is 6.04 Å². The number of carboxylic acid groups (broad SMARTS) is 1. The van der Waals surface area contributed by atoms with Crippen LogP contribution in [0.25, 0.3) is 0 Å². The van der Waals surface area contributed by atoms with Gasteiger partial charge in [0.25, 0.3) is 5.88 Å². The highest BCUT2D eigenvalue weighted by molar-refractivity contribution is 5.72. The van der Waals surface area contributed by atoms with Crippen molar-refractivity contribution in [2.75, 3.05) is 19.8 Å². The van der Waals surface area contributed by atoms with Gasteiger partial charge in [-0.05, 0) is 25.0 Å². The van der Waals surface area contributed by atoms with E-state index >= 15 is 0 Å². The predicted octanol–water partition coefficient (Wildman–Crippen LogP) is 0.575. The third-order valence-corrected chi connectivity index (χ3v) is 3.59. The number of carbonyl (C=O) groups is 1. The van der Waals surface area contributed by atoms with E-state index in [0.29, 0.717) is 44.4 Å². The Morgan fingerprint density at radius 1 is 1.33 bits per heavy atom. The molecule has 7 nitrogen and oxygen atoms in total. The van der Waals surface area contributed by atoms with Gasteiger partial charge in [0.1, 0.15) is 13.2 Å². The summed E-state index contributed by atoms with van der Waals surface area (Å²) in [6, 6.07) is 3.90. The third kappa shape index (κ3) is 3.43. The van der Waals surface area contributed by atoms with Crippen molar-refractivity contribution < 1.29 is 24.1 Å². The number of carboxylic acids is 1. The molecule has 2 N–H and O–H groups in total. The van der Waals surface area contributed by atoms with Gasteiger partial charge in [-0.1, -0.05) is 0 Å². The summed E-state index contributed by atoms with van der Waals surface area (Å²) < 4.78 is 16.2. The summed E-state index contributed by atoms with van der Waals surface area (Å²) in [4.78, 5) is 15.2. The average molecular weight is 294 g/mol. The van der Waals surface area contributed by atoms with E-state index in [1.54, 1.807) is 0 Å². The predicted molar refractivity (Wildman–Crippen MR) is 72.5 cm³/mol. The summed E-state index contributed by atoms with van der Waals surface area (Å²) in [5, 5.41) is 12.2. The first-order valence-electron chi connectivity index (χ1n) is 7.05. The van der Waals surface area contributed by atoms with Gasteiger partial charge in [-0.25, -0.2) is 9.78 Å². The van der Waals surface area contributed by atoms with Crippen LogP contribution in [0.4, 0.5) is 0 Å². The minimum Gasteiger partial charge on any atom is -0.484 e. The van der Waals surface area contributed by atoms with Gasteiger partial charge in [0.2, 0.25) is 0 Å². The lowest BCUT2D eigenvalue weighted by Gasteiger charge is -2.27. The second kappa shape index (κ2) is 6.28. The number of aliphatic carboxylic acids is 1. The maximum absolute atomic E-state index is 10.8. The van der Waals surface area contributed by atoms with E-state index < -0.39 is 12.1 Å². The number of nitrogens with one attached hydrogen (secondary N) is 1. The zero-order chi connectivity index (χ0) is 14.7. The molecule has 7 heteroatoms. The van der Waals surface area contributed by atoms with Crippen LogP contribution < -0.4 is 14.8 Å². The number of nitrogens with zero attached hydrogens (tertiary/aromatic N) is 1. The van der Waals surface area contributed by atoms with Crippen molar-refractivity contribution in [1.82, 2.24) is 10.3 Å². The highest BCUT2D eigenvalue weighted by Gasteiger charge is 2.26. The Morgan fingerprint density at radius 3 is 2.95 bits per heavy atom. The van der Waals surface area contributed by atoms with Gasteiger partial charge in [-0.15, -0.1) is 0 Å². The van der Waals surface area contributed by atoms with Gasteiger partial charge in [0, 0.05) is 12.6 Å². The van der Waals surface area contributed by atoms with Crippen LogP contribution in [0.15, 0.2) is 12.1 Å². The molecule has 0 amide bonds. The monoisotopic (exact) mass is 294 g/mol. The molecule has 3 rings (SSSR count). The number of hydrogen-bond donors (Lipinski definition) is 2. The molecular formula is C14H18N2O5. The van der Waals surface area contributed by atoms with Crippen LogP contribution in [0.2, 0.25) is 0 Å². The number of aromatic nitrogens is 1. The molecule has 0 aromatic carbocycles. The minimum absolute atomic E-state index is 0.149. The van der Waals surface area contributed by atoms with Gasteiger partial charge in [0.05, 0.1) is 12.3 Å². The van der Waals surface area contributed by atoms with E-state index in [0.717, 1.165) is 12.1 Å². The van der Waals surface area contributed by atoms with Gasteiger partial charge in [-0.2, -0.15) is 0 Å². The maximum Gasteiger partial charge on any atom is 0.332 e. The minimum atomic E-state index is -0.887. The number of fused-ring (bicyclic) bond motifs is 1. The first-order chi connectivity index (χ1) is 10.2. The molecule has 0 radical (unpaired) electrons. The number of pyridine rings is 1. The van der Waals surface area contributed by atoms with Crippen LogP contribution in [-0.2, 0) is 16.1 Å². The Morgan fingerprint density at radius 2 is 2.19 bits per heavy atom. The van der Waals surface area contributed by atoms with E-state index in [4.69, 9.17) is 19.3 Å². The SMILES string of the molecule is O=C(O)[C@@H]1CC[C@@H](NCc2ccc3c(n2)OCCO3)CO1. The summed E-state index contributed by atoms with van der Waals surface area (Å²) in [6.45, 7) is 2.06. The molecular weight excluding hydrogens is 276 g/mol. The second-order valence-electron chi connectivity index (χ2n) is 5.12. The lowest BCUT2D eigenvalue weighted by atomic mass is 10.1. The van der Waals surface area contributed by atoms with Crippen LogP contribution in [0.3, 0.4) is 0 Å². The largest absolute Gasteiger partial charge is 0.484 e. The molecule has 1 aromatic heterocycles. The molecule has 1 fully saturated rings. The lowest BCUT2D eigenvalue weighted by Crippen LogP contribution is -2.42. The number of ether oxygens (including phenoxy) is 3. The van der Waals surface area contributed by atoms with E-state index in [1.165, 1.54) is 0 Å². The number of rotatable bonds is 4. The van der Waals surface area contributed by atoms with Crippen molar-refractivity contribution >= 4 is 5.97 Å². The Bertz CT molecular complexity index is 514. The molecule has 0 spiro atoms. The van der Waals surface area contributed by atoms with Crippen molar-refractivity contribution in [1.29, 1.82) is 0 Å². The topological polar surface area (TPSA) is 89.9 Å². The summed E-state index contributed by atoms with van der Waals surface area (Å²) in [6.07, 6.45) is 0.638. The van der Waals surface area contributed by atoms with E-state index in [2.05, 4.69) is 10.3 Å². The summed E-state index contributed by atoms with van der Waals surface area (Å²) in [5.41, 5.74) is 0.861. The fraction of sp³-hybridized carbons (Fsp3) is 0.571. The molecule has 0 aliphatic carbocycles. The van der Waals surface area contributed by atoms with E-state index in [9.17, 15) is 4.79 Å². The Balaban J connectivity index is 1.50. The van der Waals surface area contributed by atoms with Gasteiger partial charge in [0.15, 0.2) is 11.9 Å². The van der Waals surface area contributed by atoms with Crippen LogP contribution in [0.5, 0.6) is 11.6 Å². The molecule has 0 bridgehead atoms. The molecule has 0 saturated carbocycles. The molecule has 3 heterocycles. The lowest BCUT2D eigenvalue weighted by molar-refractivity contribution is -0.154.